The van der Waals surface area contributed by atoms with E-state index in [4.69, 9.17) is 5.11 Å². The molecule has 3 rings (SSSR count). The zero-order chi connectivity index (χ0) is 17.3. The highest BCUT2D eigenvalue weighted by Crippen LogP contribution is 2.38. The van der Waals surface area contributed by atoms with Gasteiger partial charge >= 0.3 is 11.5 Å². The minimum absolute atomic E-state index is 0.0862. The molecule has 0 aliphatic heterocycles. The molecule has 7 heteroatoms. The van der Waals surface area contributed by atoms with E-state index >= 15 is 0 Å². The Balaban J connectivity index is 1.99. The fourth-order valence-corrected chi connectivity index (χ4v) is 2.87. The Morgan fingerprint density at radius 2 is 1.83 bits per heavy atom. The topological polar surface area (TPSA) is 50.2 Å². The molecule has 0 unspecified atom stereocenters. The Kier molecular flexibility index (Phi) is 4.19. The number of hydrogen-bond donors (Lipinski definition) is 1. The van der Waals surface area contributed by atoms with Gasteiger partial charge in [-0.15, -0.1) is 0 Å². The van der Waals surface area contributed by atoms with Crippen LogP contribution in [0.25, 0.3) is 22.2 Å². The second-order valence-corrected chi connectivity index (χ2v) is 6.12. The molecule has 0 atom stereocenters. The van der Waals surface area contributed by atoms with E-state index in [0.717, 1.165) is 0 Å². The lowest BCUT2D eigenvalue weighted by atomic mass is 10.1. The van der Waals surface area contributed by atoms with Gasteiger partial charge in [0.25, 0.3) is 0 Å². The molecule has 0 saturated carbocycles. The summed E-state index contributed by atoms with van der Waals surface area (Å²) in [5.41, 5.74) is -2.53. The van der Waals surface area contributed by atoms with Crippen LogP contribution in [-0.2, 0) is 0 Å². The minimum Gasteiger partial charge on any atom is -0.478 e. The van der Waals surface area contributed by atoms with Crippen LogP contribution in [0.2, 0.25) is 0 Å². The monoisotopic (exact) mass is 349 g/mol. The van der Waals surface area contributed by atoms with Crippen LogP contribution in [0.4, 0.5) is 13.2 Å². The van der Waals surface area contributed by atoms with Crippen molar-refractivity contribution in [1.82, 2.24) is 4.98 Å². The van der Waals surface area contributed by atoms with Gasteiger partial charge in [-0.2, -0.15) is 13.2 Å². The van der Waals surface area contributed by atoms with Crippen molar-refractivity contribution in [3.63, 3.8) is 0 Å². The van der Waals surface area contributed by atoms with Gasteiger partial charge in [0.2, 0.25) is 0 Å². The lowest BCUT2D eigenvalue weighted by Crippen LogP contribution is -1.99. The predicted molar refractivity (Wildman–Crippen MR) is 86.1 cm³/mol. The third-order valence-electron chi connectivity index (χ3n) is 3.30. The number of carbonyl (C=O) groups is 1. The number of thioether (sulfide) groups is 1. The van der Waals surface area contributed by atoms with Crippen molar-refractivity contribution in [2.45, 2.75) is 10.4 Å². The molecule has 3 nitrogen and oxygen atoms in total. The van der Waals surface area contributed by atoms with Gasteiger partial charge in [-0.1, -0.05) is 18.2 Å². The standard InChI is InChI=1S/C17H10F3NO2S/c18-17(19,20)24-13-3-1-2-10(9-13)14-6-4-11-8-12(16(22)23)5-7-15(11)21-14/h1-9H,(H,22,23). The van der Waals surface area contributed by atoms with E-state index in [-0.39, 0.29) is 22.2 Å². The van der Waals surface area contributed by atoms with Gasteiger partial charge in [0.1, 0.15) is 0 Å². The zero-order valence-electron chi connectivity index (χ0n) is 12.0. The van der Waals surface area contributed by atoms with Crippen molar-refractivity contribution in [3.8, 4) is 11.3 Å². The smallest absolute Gasteiger partial charge is 0.446 e. The molecule has 2 aromatic carbocycles. The van der Waals surface area contributed by atoms with Crippen molar-refractivity contribution in [1.29, 1.82) is 0 Å². The van der Waals surface area contributed by atoms with Crippen molar-refractivity contribution >= 4 is 28.6 Å². The number of hydrogen-bond acceptors (Lipinski definition) is 3. The van der Waals surface area contributed by atoms with Gasteiger partial charge in [0.15, 0.2) is 0 Å². The van der Waals surface area contributed by atoms with E-state index in [1.165, 1.54) is 24.3 Å². The van der Waals surface area contributed by atoms with Crippen LogP contribution in [-0.4, -0.2) is 21.6 Å². The van der Waals surface area contributed by atoms with Crippen molar-refractivity contribution in [2.75, 3.05) is 0 Å². The summed E-state index contributed by atoms with van der Waals surface area (Å²) >= 11 is -0.175. The van der Waals surface area contributed by atoms with Crippen molar-refractivity contribution < 1.29 is 23.1 Å². The first-order valence-corrected chi connectivity index (χ1v) is 7.64. The molecule has 1 heterocycles. The summed E-state index contributed by atoms with van der Waals surface area (Å²) in [7, 11) is 0. The number of halogens is 3. The fourth-order valence-electron chi connectivity index (χ4n) is 2.27. The summed E-state index contributed by atoms with van der Waals surface area (Å²) in [6, 6.07) is 13.9. The lowest BCUT2D eigenvalue weighted by molar-refractivity contribution is -0.0328. The summed E-state index contributed by atoms with van der Waals surface area (Å²) in [6.07, 6.45) is 0. The van der Waals surface area contributed by atoms with E-state index in [9.17, 15) is 18.0 Å². The van der Waals surface area contributed by atoms with E-state index in [2.05, 4.69) is 4.98 Å². The summed E-state index contributed by atoms with van der Waals surface area (Å²) in [5, 5.41) is 9.64. The normalized spacial score (nSPS) is 11.6. The molecule has 0 amide bonds. The highest BCUT2D eigenvalue weighted by Gasteiger charge is 2.29. The highest BCUT2D eigenvalue weighted by atomic mass is 32.2. The molecule has 0 spiro atoms. The number of rotatable bonds is 3. The third kappa shape index (κ3) is 3.68. The van der Waals surface area contributed by atoms with E-state index < -0.39 is 11.5 Å². The van der Waals surface area contributed by atoms with Crippen LogP contribution in [0.15, 0.2) is 59.5 Å². The molecule has 122 valence electrons. The number of aromatic carboxylic acids is 1. The molecule has 0 aliphatic carbocycles. The first-order valence-electron chi connectivity index (χ1n) is 6.82. The number of benzene rings is 2. The molecule has 1 N–H and O–H groups in total. The van der Waals surface area contributed by atoms with Crippen molar-refractivity contribution in [2.24, 2.45) is 0 Å². The Morgan fingerprint density at radius 1 is 1.04 bits per heavy atom. The molecule has 0 bridgehead atoms. The van der Waals surface area contributed by atoms with Crippen molar-refractivity contribution in [3.05, 3.63) is 60.2 Å². The van der Waals surface area contributed by atoms with Gasteiger partial charge in [0.05, 0.1) is 16.8 Å². The summed E-state index contributed by atoms with van der Waals surface area (Å²) in [5.74, 6) is -1.03. The average Bonchev–Trinajstić information content (AvgIpc) is 2.52. The van der Waals surface area contributed by atoms with E-state index in [1.807, 2.05) is 0 Å². The van der Waals surface area contributed by atoms with Crippen LogP contribution in [0, 0.1) is 0 Å². The second kappa shape index (κ2) is 6.16. The largest absolute Gasteiger partial charge is 0.478 e. The molecule has 0 radical (unpaired) electrons. The Labute approximate surface area is 139 Å². The van der Waals surface area contributed by atoms with Crippen LogP contribution < -0.4 is 0 Å². The molecule has 1 aromatic heterocycles. The molecular weight excluding hydrogens is 339 g/mol. The van der Waals surface area contributed by atoms with Gasteiger partial charge in [-0.3, -0.25) is 0 Å². The van der Waals surface area contributed by atoms with Crippen LogP contribution >= 0.6 is 11.8 Å². The number of nitrogens with zero attached hydrogens (tertiary/aromatic N) is 1. The predicted octanol–water partition coefficient (Wildman–Crippen LogP) is 5.21. The lowest BCUT2D eigenvalue weighted by Gasteiger charge is -2.08. The number of carboxylic acids is 1. The summed E-state index contributed by atoms with van der Waals surface area (Å²) in [4.78, 5) is 15.5. The number of carboxylic acid groups (broad SMARTS) is 1. The maximum atomic E-state index is 12.5. The van der Waals surface area contributed by atoms with Gasteiger partial charge in [-0.05, 0) is 48.2 Å². The van der Waals surface area contributed by atoms with Crippen LogP contribution in [0.1, 0.15) is 10.4 Å². The highest BCUT2D eigenvalue weighted by molar-refractivity contribution is 8.00. The van der Waals surface area contributed by atoms with Crippen LogP contribution in [0.3, 0.4) is 0 Å². The summed E-state index contributed by atoms with van der Waals surface area (Å²) < 4.78 is 37.5. The third-order valence-corrected chi connectivity index (χ3v) is 4.02. The first-order chi connectivity index (χ1) is 11.3. The number of alkyl halides is 3. The SMILES string of the molecule is O=C(O)c1ccc2nc(-c3cccc(SC(F)(F)F)c3)ccc2c1. The Bertz CT molecular complexity index is 925. The van der Waals surface area contributed by atoms with E-state index in [1.54, 1.807) is 30.3 Å². The van der Waals surface area contributed by atoms with Gasteiger partial charge < -0.3 is 5.11 Å². The maximum absolute atomic E-state index is 12.5. The molecule has 0 saturated heterocycles. The first kappa shape index (κ1) is 16.3. The molecule has 0 fully saturated rings. The Morgan fingerprint density at radius 3 is 2.54 bits per heavy atom. The second-order valence-electron chi connectivity index (χ2n) is 4.98. The maximum Gasteiger partial charge on any atom is 0.446 e. The molecule has 0 aliphatic rings. The zero-order valence-corrected chi connectivity index (χ0v) is 12.9. The van der Waals surface area contributed by atoms with Crippen LogP contribution in [0.5, 0.6) is 0 Å². The number of fused-ring (bicyclic) bond motifs is 1. The minimum atomic E-state index is -4.34. The quantitative estimate of drug-likeness (QED) is 0.659. The van der Waals surface area contributed by atoms with E-state index in [0.29, 0.717) is 22.2 Å². The molecular formula is C17H10F3NO2S. The summed E-state index contributed by atoms with van der Waals surface area (Å²) in [6.45, 7) is 0. The van der Waals surface area contributed by atoms with Gasteiger partial charge in [0, 0.05) is 15.8 Å². The molecule has 24 heavy (non-hydrogen) atoms. The molecule has 3 aromatic rings. The number of aromatic nitrogens is 1. The number of pyridine rings is 1. The van der Waals surface area contributed by atoms with Gasteiger partial charge in [-0.25, -0.2) is 9.78 Å². The average molecular weight is 349 g/mol. The Hall–Kier alpha value is -2.54. The fraction of sp³-hybridized carbons (Fsp3) is 0.0588.